The molecule has 1 aliphatic heterocycles. The maximum atomic E-state index is 4.67. The van der Waals surface area contributed by atoms with Crippen molar-refractivity contribution in [3.05, 3.63) is 18.2 Å². The van der Waals surface area contributed by atoms with E-state index in [9.17, 15) is 0 Å². The van der Waals surface area contributed by atoms with Crippen LogP contribution in [-0.4, -0.2) is 33.1 Å². The van der Waals surface area contributed by atoms with E-state index in [1.54, 1.807) is 0 Å². The van der Waals surface area contributed by atoms with Crippen molar-refractivity contribution in [3.63, 3.8) is 0 Å². The first-order chi connectivity index (χ1) is 8.83. The van der Waals surface area contributed by atoms with Crippen molar-refractivity contribution in [2.75, 3.05) is 12.3 Å². The molecule has 4 nitrogen and oxygen atoms in total. The van der Waals surface area contributed by atoms with Crippen LogP contribution in [0.1, 0.15) is 25.1 Å². The third-order valence-electron chi connectivity index (χ3n) is 3.91. The van der Waals surface area contributed by atoms with Crippen LogP contribution in [0, 0.1) is 5.92 Å². The Kier molecular flexibility index (Phi) is 3.59. The van der Waals surface area contributed by atoms with E-state index in [0.29, 0.717) is 6.04 Å². The van der Waals surface area contributed by atoms with E-state index >= 15 is 0 Å². The Hall–Kier alpha value is -0.970. The summed E-state index contributed by atoms with van der Waals surface area (Å²) in [6.45, 7) is 0.831. The van der Waals surface area contributed by atoms with Gasteiger partial charge in [0.1, 0.15) is 5.82 Å². The molecule has 2 fully saturated rings. The van der Waals surface area contributed by atoms with Crippen LogP contribution >= 0.6 is 11.8 Å². The first-order valence-electron chi connectivity index (χ1n) is 6.73. The van der Waals surface area contributed by atoms with Crippen LogP contribution in [0.5, 0.6) is 0 Å². The summed E-state index contributed by atoms with van der Waals surface area (Å²) in [5.74, 6) is 3.24. The van der Waals surface area contributed by atoms with Gasteiger partial charge in [-0.1, -0.05) is 18.2 Å². The van der Waals surface area contributed by atoms with E-state index < -0.39 is 0 Å². The van der Waals surface area contributed by atoms with Crippen molar-refractivity contribution in [3.8, 4) is 0 Å². The molecule has 5 heteroatoms. The summed E-state index contributed by atoms with van der Waals surface area (Å²) >= 11 is 1.89. The van der Waals surface area contributed by atoms with Crippen LogP contribution in [-0.2, 0) is 13.5 Å². The van der Waals surface area contributed by atoms with E-state index in [2.05, 4.69) is 19.9 Å². The average molecular weight is 264 g/mol. The maximum absolute atomic E-state index is 4.67. The first-order valence-corrected chi connectivity index (χ1v) is 7.71. The molecule has 0 spiro atoms. The fourth-order valence-electron chi connectivity index (χ4n) is 2.80. The number of fused-ring (bicyclic) bond motifs is 1. The van der Waals surface area contributed by atoms with Crippen molar-refractivity contribution in [1.29, 1.82) is 0 Å². The summed E-state index contributed by atoms with van der Waals surface area (Å²) in [6.07, 6.45) is 8.85. The highest BCUT2D eigenvalue weighted by Gasteiger charge is 2.31. The highest BCUT2D eigenvalue weighted by Crippen LogP contribution is 2.32. The molecular formula is C13H20N4S. The van der Waals surface area contributed by atoms with Crippen LogP contribution in [0.15, 0.2) is 17.4 Å². The standard InChI is InChI=1S/C13H20N4S/c1-17-8-7-14-12(17)5-6-15-13-16-11-4-2-3-10(11)9-18-13/h7-8,10-11H,2-6,9H2,1H3,(H,15,16). The molecule has 0 aromatic carbocycles. The van der Waals surface area contributed by atoms with E-state index in [1.165, 1.54) is 25.0 Å². The van der Waals surface area contributed by atoms with Crippen molar-refractivity contribution in [2.24, 2.45) is 18.0 Å². The number of hydrogen-bond donors (Lipinski definition) is 1. The van der Waals surface area contributed by atoms with Gasteiger partial charge in [0, 0.05) is 44.2 Å². The minimum Gasteiger partial charge on any atom is -0.362 e. The molecule has 1 saturated carbocycles. The number of rotatable bonds is 3. The molecule has 3 rings (SSSR count). The van der Waals surface area contributed by atoms with Crippen LogP contribution in [0.2, 0.25) is 0 Å². The van der Waals surface area contributed by atoms with Gasteiger partial charge in [0.05, 0.1) is 0 Å². The number of amidine groups is 1. The van der Waals surface area contributed by atoms with Gasteiger partial charge in [-0.2, -0.15) is 0 Å². The second-order valence-electron chi connectivity index (χ2n) is 5.14. The summed E-state index contributed by atoms with van der Waals surface area (Å²) in [4.78, 5) is 8.99. The highest BCUT2D eigenvalue weighted by molar-refractivity contribution is 8.13. The number of aryl methyl sites for hydroxylation is 1. The van der Waals surface area contributed by atoms with Gasteiger partial charge in [0.25, 0.3) is 0 Å². The Morgan fingerprint density at radius 3 is 3.33 bits per heavy atom. The lowest BCUT2D eigenvalue weighted by atomic mass is 10.1. The van der Waals surface area contributed by atoms with Gasteiger partial charge < -0.3 is 9.88 Å². The summed E-state index contributed by atoms with van der Waals surface area (Å²) in [5, 5.41) is 4.74. The number of hydrogen-bond acceptors (Lipinski definition) is 3. The molecular weight excluding hydrogens is 244 g/mol. The lowest BCUT2D eigenvalue weighted by Gasteiger charge is -2.28. The van der Waals surface area contributed by atoms with Gasteiger partial charge in [-0.25, -0.2) is 4.98 Å². The Morgan fingerprint density at radius 1 is 1.56 bits per heavy atom. The third-order valence-corrected chi connectivity index (χ3v) is 5.03. The number of nitrogens with zero attached hydrogens (tertiary/aromatic N) is 3. The molecule has 0 bridgehead atoms. The number of aromatic nitrogens is 2. The molecule has 1 aromatic rings. The minimum atomic E-state index is 0.693. The molecule has 0 radical (unpaired) electrons. The fraction of sp³-hybridized carbons (Fsp3) is 0.692. The summed E-state index contributed by atoms with van der Waals surface area (Å²) < 4.78 is 2.06. The largest absolute Gasteiger partial charge is 0.362 e. The Morgan fingerprint density at radius 2 is 2.50 bits per heavy atom. The van der Waals surface area contributed by atoms with E-state index in [0.717, 1.165) is 29.9 Å². The van der Waals surface area contributed by atoms with E-state index in [-0.39, 0.29) is 0 Å². The van der Waals surface area contributed by atoms with E-state index in [4.69, 9.17) is 0 Å². The predicted octanol–water partition coefficient (Wildman–Crippen LogP) is 1.82. The van der Waals surface area contributed by atoms with Crippen LogP contribution in [0.4, 0.5) is 0 Å². The first kappa shape index (κ1) is 12.1. The molecule has 0 amide bonds. The Balaban J connectivity index is 1.52. The monoisotopic (exact) mass is 264 g/mol. The third kappa shape index (κ3) is 2.55. The SMILES string of the molecule is Cn1ccnc1CCN=C1NC2CCCC2CS1. The molecule has 18 heavy (non-hydrogen) atoms. The van der Waals surface area contributed by atoms with Gasteiger partial charge in [0.15, 0.2) is 5.17 Å². The zero-order valence-electron chi connectivity index (χ0n) is 10.8. The van der Waals surface area contributed by atoms with Crippen molar-refractivity contribution in [2.45, 2.75) is 31.7 Å². The molecule has 2 atom stereocenters. The average Bonchev–Trinajstić information content (AvgIpc) is 2.98. The maximum Gasteiger partial charge on any atom is 0.156 e. The molecule has 1 aromatic heterocycles. The topological polar surface area (TPSA) is 42.2 Å². The smallest absolute Gasteiger partial charge is 0.156 e. The van der Waals surface area contributed by atoms with Crippen LogP contribution in [0.3, 0.4) is 0 Å². The molecule has 2 unspecified atom stereocenters. The van der Waals surface area contributed by atoms with Gasteiger partial charge in [-0.05, 0) is 18.8 Å². The molecule has 1 saturated heterocycles. The summed E-state index contributed by atoms with van der Waals surface area (Å²) in [7, 11) is 2.03. The Bertz CT molecular complexity index is 440. The zero-order valence-corrected chi connectivity index (χ0v) is 11.6. The Labute approximate surface area is 112 Å². The molecule has 98 valence electrons. The number of aliphatic imine (C=N–C) groups is 1. The molecule has 1 N–H and O–H groups in total. The second kappa shape index (κ2) is 5.34. The normalized spacial score (nSPS) is 29.3. The van der Waals surface area contributed by atoms with Crippen molar-refractivity contribution < 1.29 is 0 Å². The number of thioether (sulfide) groups is 1. The quantitative estimate of drug-likeness (QED) is 0.905. The fourth-order valence-corrected chi connectivity index (χ4v) is 3.99. The van der Waals surface area contributed by atoms with Gasteiger partial charge >= 0.3 is 0 Å². The van der Waals surface area contributed by atoms with Gasteiger partial charge in [0.2, 0.25) is 0 Å². The summed E-state index contributed by atoms with van der Waals surface area (Å²) in [5.41, 5.74) is 0. The minimum absolute atomic E-state index is 0.693. The second-order valence-corrected chi connectivity index (χ2v) is 6.15. The van der Waals surface area contributed by atoms with Crippen LogP contribution in [0.25, 0.3) is 0 Å². The van der Waals surface area contributed by atoms with Crippen LogP contribution < -0.4 is 5.32 Å². The number of imidazole rings is 1. The van der Waals surface area contributed by atoms with E-state index in [1.807, 2.05) is 31.2 Å². The molecule has 2 heterocycles. The molecule has 2 aliphatic rings. The summed E-state index contributed by atoms with van der Waals surface area (Å²) in [6, 6.07) is 0.693. The van der Waals surface area contributed by atoms with Crippen molar-refractivity contribution in [1.82, 2.24) is 14.9 Å². The van der Waals surface area contributed by atoms with Gasteiger partial charge in [-0.15, -0.1) is 0 Å². The van der Waals surface area contributed by atoms with Crippen molar-refractivity contribution >= 4 is 16.9 Å². The number of nitrogens with one attached hydrogen (secondary N) is 1. The molecule has 1 aliphatic carbocycles. The van der Waals surface area contributed by atoms with Gasteiger partial charge in [-0.3, -0.25) is 4.99 Å². The lowest BCUT2D eigenvalue weighted by molar-refractivity contribution is 0.489. The highest BCUT2D eigenvalue weighted by atomic mass is 32.2. The lowest BCUT2D eigenvalue weighted by Crippen LogP contribution is -2.41. The predicted molar refractivity (Wildman–Crippen MR) is 75.9 cm³/mol. The zero-order chi connectivity index (χ0) is 12.4.